The van der Waals surface area contributed by atoms with E-state index in [0.717, 1.165) is 10.2 Å². The van der Waals surface area contributed by atoms with Crippen LogP contribution >= 0.6 is 15.9 Å². The molecule has 0 unspecified atom stereocenters. The molecule has 3 heteroatoms. The Labute approximate surface area is 102 Å². The van der Waals surface area contributed by atoms with Crippen LogP contribution in [0.15, 0.2) is 53.0 Å². The van der Waals surface area contributed by atoms with E-state index in [1.807, 2.05) is 36.4 Å². The molecule has 0 bridgehead atoms. The lowest BCUT2D eigenvalue weighted by Gasteiger charge is -2.08. The van der Waals surface area contributed by atoms with Crippen LogP contribution in [0.1, 0.15) is 5.56 Å². The summed E-state index contributed by atoms with van der Waals surface area (Å²) >= 11 is 3.34. The fourth-order valence-corrected chi connectivity index (χ4v) is 1.93. The number of anilines is 1. The number of nitrogens with one attached hydrogen (secondary N) is 1. The Hall–Kier alpha value is -1.35. The van der Waals surface area contributed by atoms with Crippen molar-refractivity contribution in [2.24, 2.45) is 0 Å². The van der Waals surface area contributed by atoms with Crippen molar-refractivity contribution < 1.29 is 4.39 Å². The number of benzene rings is 2. The van der Waals surface area contributed by atoms with Gasteiger partial charge in [0, 0.05) is 22.3 Å². The first kappa shape index (κ1) is 11.1. The van der Waals surface area contributed by atoms with Crippen molar-refractivity contribution in [3.05, 3.63) is 64.4 Å². The predicted octanol–water partition coefficient (Wildman–Crippen LogP) is 4.20. The maximum Gasteiger partial charge on any atom is 0.129 e. The molecule has 0 aliphatic heterocycles. The van der Waals surface area contributed by atoms with Crippen molar-refractivity contribution >= 4 is 21.6 Å². The lowest BCUT2D eigenvalue weighted by atomic mass is 10.2. The van der Waals surface area contributed by atoms with E-state index in [4.69, 9.17) is 0 Å². The highest BCUT2D eigenvalue weighted by atomic mass is 79.9. The third-order valence-corrected chi connectivity index (χ3v) is 3.05. The maximum absolute atomic E-state index is 13.5. The number of hydrogen-bond acceptors (Lipinski definition) is 1. The SMILES string of the molecule is Fc1cccc(Br)c1CNc1ccccc1. The first-order valence-electron chi connectivity index (χ1n) is 4.99. The second-order valence-electron chi connectivity index (χ2n) is 3.42. The maximum atomic E-state index is 13.5. The van der Waals surface area contributed by atoms with Crippen LogP contribution in [-0.2, 0) is 6.54 Å². The summed E-state index contributed by atoms with van der Waals surface area (Å²) in [7, 11) is 0. The lowest BCUT2D eigenvalue weighted by Crippen LogP contribution is -2.02. The molecule has 0 atom stereocenters. The highest BCUT2D eigenvalue weighted by Crippen LogP contribution is 2.20. The van der Waals surface area contributed by atoms with Gasteiger partial charge in [0.15, 0.2) is 0 Å². The molecule has 0 aromatic heterocycles. The molecule has 0 radical (unpaired) electrons. The Morgan fingerprint density at radius 2 is 1.75 bits per heavy atom. The molecule has 82 valence electrons. The molecule has 0 heterocycles. The molecule has 0 aliphatic rings. The molecular formula is C13H11BrFN. The van der Waals surface area contributed by atoms with Crippen molar-refractivity contribution in [1.29, 1.82) is 0 Å². The minimum atomic E-state index is -0.196. The van der Waals surface area contributed by atoms with Gasteiger partial charge < -0.3 is 5.32 Å². The van der Waals surface area contributed by atoms with Crippen LogP contribution in [0.2, 0.25) is 0 Å². The summed E-state index contributed by atoms with van der Waals surface area (Å²) in [6.45, 7) is 0.470. The summed E-state index contributed by atoms with van der Waals surface area (Å²) in [5, 5.41) is 3.17. The molecule has 1 N–H and O–H groups in total. The summed E-state index contributed by atoms with van der Waals surface area (Å²) in [5.74, 6) is -0.196. The molecule has 0 amide bonds. The largest absolute Gasteiger partial charge is 0.381 e. The van der Waals surface area contributed by atoms with Gasteiger partial charge in [0.25, 0.3) is 0 Å². The predicted molar refractivity (Wildman–Crippen MR) is 67.9 cm³/mol. The van der Waals surface area contributed by atoms with Gasteiger partial charge in [-0.1, -0.05) is 40.2 Å². The van der Waals surface area contributed by atoms with E-state index in [9.17, 15) is 4.39 Å². The van der Waals surface area contributed by atoms with Crippen molar-refractivity contribution in [2.75, 3.05) is 5.32 Å². The van der Waals surface area contributed by atoms with Gasteiger partial charge in [0.05, 0.1) is 0 Å². The second kappa shape index (κ2) is 5.12. The van der Waals surface area contributed by atoms with Crippen LogP contribution < -0.4 is 5.32 Å². The molecular weight excluding hydrogens is 269 g/mol. The molecule has 0 saturated carbocycles. The van der Waals surface area contributed by atoms with Crippen LogP contribution in [0.3, 0.4) is 0 Å². The summed E-state index contributed by atoms with van der Waals surface area (Å²) < 4.78 is 14.3. The minimum absolute atomic E-state index is 0.196. The zero-order valence-electron chi connectivity index (χ0n) is 8.58. The van der Waals surface area contributed by atoms with E-state index in [0.29, 0.717) is 12.1 Å². The van der Waals surface area contributed by atoms with E-state index in [1.165, 1.54) is 6.07 Å². The van der Waals surface area contributed by atoms with Crippen molar-refractivity contribution in [3.8, 4) is 0 Å². The zero-order chi connectivity index (χ0) is 11.4. The molecule has 0 saturated heterocycles. The number of rotatable bonds is 3. The quantitative estimate of drug-likeness (QED) is 0.888. The second-order valence-corrected chi connectivity index (χ2v) is 4.27. The fourth-order valence-electron chi connectivity index (χ4n) is 1.45. The van der Waals surface area contributed by atoms with Gasteiger partial charge in [0.1, 0.15) is 5.82 Å². The molecule has 0 aliphatic carbocycles. The smallest absolute Gasteiger partial charge is 0.129 e. The van der Waals surface area contributed by atoms with Crippen LogP contribution in [0.5, 0.6) is 0 Å². The summed E-state index contributed by atoms with van der Waals surface area (Å²) in [6, 6.07) is 14.7. The minimum Gasteiger partial charge on any atom is -0.381 e. The Bertz CT molecular complexity index is 450. The molecule has 2 aromatic carbocycles. The first-order chi connectivity index (χ1) is 7.77. The monoisotopic (exact) mass is 279 g/mol. The van der Waals surface area contributed by atoms with Crippen LogP contribution in [0, 0.1) is 5.82 Å². The van der Waals surface area contributed by atoms with Gasteiger partial charge in [-0.2, -0.15) is 0 Å². The highest BCUT2D eigenvalue weighted by molar-refractivity contribution is 9.10. The van der Waals surface area contributed by atoms with E-state index in [1.54, 1.807) is 6.07 Å². The van der Waals surface area contributed by atoms with Crippen LogP contribution in [-0.4, -0.2) is 0 Å². The Kier molecular flexibility index (Phi) is 3.57. The molecule has 2 aromatic rings. The van der Waals surface area contributed by atoms with Gasteiger partial charge in [-0.25, -0.2) is 4.39 Å². The van der Waals surface area contributed by atoms with Crippen molar-refractivity contribution in [1.82, 2.24) is 0 Å². The van der Waals surface area contributed by atoms with E-state index in [2.05, 4.69) is 21.2 Å². The standard InChI is InChI=1S/C13H11BrFN/c14-12-7-4-8-13(15)11(12)9-16-10-5-2-1-3-6-10/h1-8,16H,9H2. The topological polar surface area (TPSA) is 12.0 Å². The fraction of sp³-hybridized carbons (Fsp3) is 0.0769. The summed E-state index contributed by atoms with van der Waals surface area (Å²) in [4.78, 5) is 0. The normalized spacial score (nSPS) is 10.1. The number of hydrogen-bond donors (Lipinski definition) is 1. The average molecular weight is 280 g/mol. The van der Waals surface area contributed by atoms with Gasteiger partial charge >= 0.3 is 0 Å². The lowest BCUT2D eigenvalue weighted by molar-refractivity contribution is 0.611. The highest BCUT2D eigenvalue weighted by Gasteiger charge is 2.05. The summed E-state index contributed by atoms with van der Waals surface area (Å²) in [5.41, 5.74) is 1.63. The number of halogens is 2. The van der Waals surface area contributed by atoms with Gasteiger partial charge in [0.2, 0.25) is 0 Å². The molecule has 0 spiro atoms. The average Bonchev–Trinajstić information content (AvgIpc) is 2.30. The Balaban J connectivity index is 2.11. The molecule has 1 nitrogen and oxygen atoms in total. The third kappa shape index (κ3) is 2.61. The van der Waals surface area contributed by atoms with Crippen molar-refractivity contribution in [2.45, 2.75) is 6.54 Å². The van der Waals surface area contributed by atoms with Crippen molar-refractivity contribution in [3.63, 3.8) is 0 Å². The third-order valence-electron chi connectivity index (χ3n) is 2.30. The molecule has 2 rings (SSSR count). The van der Waals surface area contributed by atoms with Gasteiger partial charge in [-0.15, -0.1) is 0 Å². The zero-order valence-corrected chi connectivity index (χ0v) is 10.2. The first-order valence-corrected chi connectivity index (χ1v) is 5.78. The van der Waals surface area contributed by atoms with E-state index < -0.39 is 0 Å². The van der Waals surface area contributed by atoms with E-state index >= 15 is 0 Å². The molecule has 0 fully saturated rings. The Morgan fingerprint density at radius 1 is 1.00 bits per heavy atom. The van der Waals surface area contributed by atoms with Gasteiger partial charge in [-0.05, 0) is 24.3 Å². The van der Waals surface area contributed by atoms with Crippen LogP contribution in [0.4, 0.5) is 10.1 Å². The number of para-hydroxylation sites is 1. The molecule has 16 heavy (non-hydrogen) atoms. The van der Waals surface area contributed by atoms with Crippen LogP contribution in [0.25, 0.3) is 0 Å². The summed E-state index contributed by atoms with van der Waals surface area (Å²) in [6.07, 6.45) is 0. The Morgan fingerprint density at radius 3 is 2.44 bits per heavy atom. The van der Waals surface area contributed by atoms with Gasteiger partial charge in [-0.3, -0.25) is 0 Å². The van der Waals surface area contributed by atoms with E-state index in [-0.39, 0.29) is 5.82 Å².